The predicted octanol–water partition coefficient (Wildman–Crippen LogP) is 1.25. The highest BCUT2D eigenvalue weighted by Crippen LogP contribution is 2.24. The minimum Gasteiger partial charge on any atom is -0.384 e. The van der Waals surface area contributed by atoms with E-state index in [4.69, 9.17) is 9.88 Å². The Balaban J connectivity index is 3.00. The Morgan fingerprint density at radius 2 is 2.14 bits per heavy atom. The van der Waals surface area contributed by atoms with Gasteiger partial charge in [-0.25, -0.2) is 17.9 Å². The largest absolute Gasteiger partial charge is 0.384 e. The number of halogens is 2. The highest BCUT2D eigenvalue weighted by molar-refractivity contribution is 9.10. The third-order valence-electron chi connectivity index (χ3n) is 2.63. The maximum absolute atomic E-state index is 13.8. The molecule has 0 aliphatic carbocycles. The van der Waals surface area contributed by atoms with Gasteiger partial charge >= 0.3 is 0 Å². The van der Waals surface area contributed by atoms with Crippen LogP contribution in [-0.2, 0) is 14.8 Å². The number of rotatable bonds is 6. The van der Waals surface area contributed by atoms with E-state index in [1.807, 2.05) is 6.92 Å². The van der Waals surface area contributed by atoms with Crippen LogP contribution in [0.1, 0.15) is 17.3 Å². The van der Waals surface area contributed by atoms with Crippen LogP contribution in [0, 0.1) is 11.7 Å². The Hall–Kier alpha value is -1.03. The Morgan fingerprint density at radius 1 is 1.52 bits per heavy atom. The maximum Gasteiger partial charge on any atom is 0.254 e. The Morgan fingerprint density at radius 3 is 2.67 bits per heavy atom. The van der Waals surface area contributed by atoms with Crippen molar-refractivity contribution < 1.29 is 22.3 Å². The van der Waals surface area contributed by atoms with Crippen molar-refractivity contribution in [2.45, 2.75) is 11.8 Å². The van der Waals surface area contributed by atoms with E-state index in [0.29, 0.717) is 6.61 Å². The second-order valence-corrected chi connectivity index (χ2v) is 6.96. The number of sulfonamides is 1. The van der Waals surface area contributed by atoms with E-state index < -0.39 is 21.7 Å². The molecule has 0 bridgehead atoms. The van der Waals surface area contributed by atoms with Gasteiger partial charge in [0.25, 0.3) is 5.91 Å². The van der Waals surface area contributed by atoms with Gasteiger partial charge in [0.1, 0.15) is 5.82 Å². The monoisotopic (exact) mass is 382 g/mol. The molecule has 0 saturated heterocycles. The summed E-state index contributed by atoms with van der Waals surface area (Å²) >= 11 is 2.90. The van der Waals surface area contributed by atoms with Gasteiger partial charge in [-0.2, -0.15) is 0 Å². The lowest BCUT2D eigenvalue weighted by Gasteiger charge is -2.12. The molecule has 1 unspecified atom stereocenters. The zero-order valence-corrected chi connectivity index (χ0v) is 13.9. The van der Waals surface area contributed by atoms with E-state index in [-0.39, 0.29) is 27.4 Å². The third kappa shape index (κ3) is 5.03. The van der Waals surface area contributed by atoms with E-state index in [9.17, 15) is 17.6 Å². The summed E-state index contributed by atoms with van der Waals surface area (Å²) in [6.07, 6.45) is 0. The number of hydrogen-bond donors (Lipinski definition) is 2. The van der Waals surface area contributed by atoms with Crippen molar-refractivity contribution in [3.8, 4) is 0 Å². The molecule has 21 heavy (non-hydrogen) atoms. The van der Waals surface area contributed by atoms with Crippen LogP contribution in [0.5, 0.6) is 0 Å². The number of nitrogens with one attached hydrogen (secondary N) is 1. The zero-order valence-electron chi connectivity index (χ0n) is 11.5. The van der Waals surface area contributed by atoms with E-state index in [0.717, 1.165) is 12.1 Å². The summed E-state index contributed by atoms with van der Waals surface area (Å²) in [5, 5.41) is 7.52. The number of methoxy groups -OCH3 is 1. The van der Waals surface area contributed by atoms with Gasteiger partial charge in [-0.15, -0.1) is 0 Å². The van der Waals surface area contributed by atoms with Crippen LogP contribution in [0.25, 0.3) is 0 Å². The molecule has 0 heterocycles. The summed E-state index contributed by atoms with van der Waals surface area (Å²) in [6, 6.07) is 1.80. The molecule has 3 N–H and O–H groups in total. The number of carbonyl (C=O) groups is 1. The number of hydrogen-bond acceptors (Lipinski definition) is 4. The van der Waals surface area contributed by atoms with Crippen molar-refractivity contribution in [1.82, 2.24) is 5.32 Å². The first-order valence-corrected chi connectivity index (χ1v) is 8.29. The lowest BCUT2D eigenvalue weighted by atomic mass is 10.1. The van der Waals surface area contributed by atoms with Crippen LogP contribution in [0.3, 0.4) is 0 Å². The number of amides is 1. The average Bonchev–Trinajstić information content (AvgIpc) is 2.34. The Kier molecular flexibility index (Phi) is 6.26. The van der Waals surface area contributed by atoms with Gasteiger partial charge in [0, 0.05) is 18.1 Å². The minimum atomic E-state index is -4.06. The van der Waals surface area contributed by atoms with Crippen molar-refractivity contribution in [2.24, 2.45) is 11.1 Å². The summed E-state index contributed by atoms with van der Waals surface area (Å²) < 4.78 is 41.4. The fourth-order valence-corrected chi connectivity index (χ4v) is 3.23. The molecule has 0 radical (unpaired) electrons. The number of benzene rings is 1. The number of nitrogens with two attached hydrogens (primary N) is 1. The summed E-state index contributed by atoms with van der Waals surface area (Å²) in [7, 11) is -2.53. The van der Waals surface area contributed by atoms with Crippen molar-refractivity contribution >= 4 is 31.9 Å². The average molecular weight is 383 g/mol. The highest BCUT2D eigenvalue weighted by atomic mass is 79.9. The molecular weight excluding hydrogens is 367 g/mol. The van der Waals surface area contributed by atoms with Crippen LogP contribution in [-0.4, -0.2) is 34.6 Å². The van der Waals surface area contributed by atoms with Gasteiger partial charge in [-0.05, 0) is 34.0 Å². The van der Waals surface area contributed by atoms with Crippen molar-refractivity contribution in [1.29, 1.82) is 0 Å². The van der Waals surface area contributed by atoms with Gasteiger partial charge in [0.15, 0.2) is 0 Å². The molecule has 0 spiro atoms. The molecule has 0 saturated carbocycles. The highest BCUT2D eigenvalue weighted by Gasteiger charge is 2.20. The standard InChI is InChI=1S/C12H16BrFN2O4S/c1-7(6-20-2)5-16-12(17)8-3-11(21(15,18)19)9(13)4-10(8)14/h3-4,7H,5-6H2,1-2H3,(H,16,17)(H2,15,18,19). The third-order valence-corrected chi connectivity index (χ3v) is 4.50. The van der Waals surface area contributed by atoms with E-state index in [1.165, 1.54) is 7.11 Å². The number of carbonyl (C=O) groups excluding carboxylic acids is 1. The smallest absolute Gasteiger partial charge is 0.254 e. The summed E-state index contributed by atoms with van der Waals surface area (Å²) in [5.74, 6) is -1.52. The van der Waals surface area contributed by atoms with Crippen LogP contribution in [0.15, 0.2) is 21.5 Å². The molecule has 1 aromatic carbocycles. The maximum atomic E-state index is 13.8. The number of ether oxygens (including phenoxy) is 1. The van der Waals surface area contributed by atoms with Crippen molar-refractivity contribution in [3.05, 3.63) is 28.0 Å². The minimum absolute atomic E-state index is 0.0354. The molecule has 6 nitrogen and oxygen atoms in total. The molecular formula is C12H16BrFN2O4S. The Bertz CT molecular complexity index is 636. The molecule has 0 aliphatic rings. The molecule has 1 atom stereocenters. The van der Waals surface area contributed by atoms with Gasteiger partial charge in [-0.3, -0.25) is 4.79 Å². The fourth-order valence-electron chi connectivity index (χ4n) is 1.63. The van der Waals surface area contributed by atoms with Crippen LogP contribution >= 0.6 is 15.9 Å². The van der Waals surface area contributed by atoms with Crippen LogP contribution in [0.2, 0.25) is 0 Å². The van der Waals surface area contributed by atoms with Crippen molar-refractivity contribution in [3.63, 3.8) is 0 Å². The number of primary sulfonamides is 1. The van der Waals surface area contributed by atoms with Crippen LogP contribution < -0.4 is 10.5 Å². The van der Waals surface area contributed by atoms with Gasteiger partial charge in [0.2, 0.25) is 10.0 Å². The Labute approximate surface area is 131 Å². The SMILES string of the molecule is COCC(C)CNC(=O)c1cc(S(N)(=O)=O)c(Br)cc1F. The molecule has 1 rings (SSSR count). The first-order chi connectivity index (χ1) is 9.66. The van der Waals surface area contributed by atoms with E-state index in [2.05, 4.69) is 21.2 Å². The molecule has 118 valence electrons. The molecule has 0 aliphatic heterocycles. The van der Waals surface area contributed by atoms with Crippen LogP contribution in [0.4, 0.5) is 4.39 Å². The van der Waals surface area contributed by atoms with E-state index >= 15 is 0 Å². The second-order valence-electron chi connectivity index (χ2n) is 4.58. The van der Waals surface area contributed by atoms with Crippen molar-refractivity contribution in [2.75, 3.05) is 20.3 Å². The molecule has 9 heteroatoms. The first kappa shape index (κ1) is 18.0. The molecule has 0 fully saturated rings. The first-order valence-electron chi connectivity index (χ1n) is 5.95. The summed E-state index contributed by atoms with van der Waals surface area (Å²) in [4.78, 5) is 11.6. The lowest BCUT2D eigenvalue weighted by molar-refractivity contribution is 0.0930. The zero-order chi connectivity index (χ0) is 16.2. The van der Waals surface area contributed by atoms with Gasteiger partial charge in [-0.1, -0.05) is 6.92 Å². The fraction of sp³-hybridized carbons (Fsp3) is 0.417. The molecule has 1 aromatic rings. The summed E-state index contributed by atoms with van der Waals surface area (Å²) in [6.45, 7) is 2.55. The summed E-state index contributed by atoms with van der Waals surface area (Å²) in [5.41, 5.74) is -0.383. The van der Waals surface area contributed by atoms with Gasteiger partial charge in [0.05, 0.1) is 17.1 Å². The second kappa shape index (κ2) is 7.30. The predicted molar refractivity (Wildman–Crippen MR) is 78.8 cm³/mol. The van der Waals surface area contributed by atoms with Gasteiger partial charge < -0.3 is 10.1 Å². The topological polar surface area (TPSA) is 98.5 Å². The quantitative estimate of drug-likeness (QED) is 0.773. The normalized spacial score (nSPS) is 13.0. The van der Waals surface area contributed by atoms with E-state index in [1.54, 1.807) is 0 Å². The lowest BCUT2D eigenvalue weighted by Crippen LogP contribution is -2.30. The molecule has 0 aromatic heterocycles. The molecule has 1 amide bonds.